The Bertz CT molecular complexity index is 768. The third kappa shape index (κ3) is 4.74. The Morgan fingerprint density at radius 1 is 0.778 bits per heavy atom. The largest absolute Gasteiger partial charge is 1.00 e. The van der Waals surface area contributed by atoms with Gasteiger partial charge in [-0.05, 0) is 42.5 Å². The maximum Gasteiger partial charge on any atom is 0.330 e. The minimum absolute atomic E-state index is 0. The minimum Gasteiger partial charge on any atom is -1.00 e. The van der Waals surface area contributed by atoms with Crippen molar-refractivity contribution in [2.24, 2.45) is 0 Å². The van der Waals surface area contributed by atoms with Gasteiger partial charge in [-0.1, -0.05) is 54.6 Å². The van der Waals surface area contributed by atoms with Crippen LogP contribution in [0.15, 0.2) is 103 Å². The molecule has 0 heterocycles. The van der Waals surface area contributed by atoms with E-state index in [4.69, 9.17) is 4.74 Å². The van der Waals surface area contributed by atoms with Gasteiger partial charge in [0, 0.05) is 6.08 Å². The Morgan fingerprint density at radius 3 is 1.48 bits per heavy atom. The molecule has 3 aromatic carbocycles. The molecule has 0 unspecified atom stereocenters. The van der Waals surface area contributed by atoms with Crippen molar-refractivity contribution in [3.63, 3.8) is 0 Å². The number of carbonyl (C=O) groups is 1. The highest BCUT2D eigenvalue weighted by atomic mass is 79.9. The molecular formula is C23H22BrO2P. The molecule has 0 saturated heterocycles. The number of rotatable bonds is 6. The van der Waals surface area contributed by atoms with E-state index in [0.29, 0.717) is 0 Å². The summed E-state index contributed by atoms with van der Waals surface area (Å²) < 4.78 is 4.77. The lowest BCUT2D eigenvalue weighted by atomic mass is 10.4. The maximum atomic E-state index is 11.6. The van der Waals surface area contributed by atoms with Crippen molar-refractivity contribution in [1.82, 2.24) is 0 Å². The SMILES string of the molecule is COC(=O)C=CC[P+](c1ccccc1)(c1ccccc1)c1ccccc1.[Br-]. The van der Waals surface area contributed by atoms with E-state index in [1.54, 1.807) is 0 Å². The van der Waals surface area contributed by atoms with Crippen LogP contribution in [0.25, 0.3) is 0 Å². The number of hydrogen-bond acceptors (Lipinski definition) is 2. The molecule has 0 aromatic heterocycles. The van der Waals surface area contributed by atoms with Crippen LogP contribution in [0.5, 0.6) is 0 Å². The summed E-state index contributed by atoms with van der Waals surface area (Å²) >= 11 is 0. The Kier molecular flexibility index (Phi) is 7.97. The molecule has 0 aliphatic heterocycles. The number of methoxy groups -OCH3 is 1. The van der Waals surface area contributed by atoms with Crippen LogP contribution in [0, 0.1) is 0 Å². The summed E-state index contributed by atoms with van der Waals surface area (Å²) in [6, 6.07) is 31.8. The van der Waals surface area contributed by atoms with Gasteiger partial charge in [0.25, 0.3) is 0 Å². The fourth-order valence-corrected chi connectivity index (χ4v) is 7.18. The van der Waals surface area contributed by atoms with Gasteiger partial charge in [0.05, 0.1) is 13.3 Å². The van der Waals surface area contributed by atoms with E-state index in [-0.39, 0.29) is 23.0 Å². The summed E-state index contributed by atoms with van der Waals surface area (Å²) in [5.74, 6) is -0.322. The van der Waals surface area contributed by atoms with E-state index >= 15 is 0 Å². The monoisotopic (exact) mass is 440 g/mol. The molecule has 2 nitrogen and oxygen atoms in total. The second-order valence-electron chi connectivity index (χ2n) is 5.92. The average molecular weight is 441 g/mol. The zero-order valence-corrected chi connectivity index (χ0v) is 17.6. The summed E-state index contributed by atoms with van der Waals surface area (Å²) in [5, 5.41) is 3.89. The minimum atomic E-state index is -1.91. The predicted octanol–water partition coefficient (Wildman–Crippen LogP) is 0.714. The first-order chi connectivity index (χ1) is 12.8. The van der Waals surface area contributed by atoms with Crippen molar-refractivity contribution in [3.05, 3.63) is 103 Å². The van der Waals surface area contributed by atoms with Crippen molar-refractivity contribution < 1.29 is 26.5 Å². The number of hydrogen-bond donors (Lipinski definition) is 0. The zero-order chi connectivity index (χ0) is 18.2. The standard InChI is InChI=1S/C23H22O2P.BrH/c1-25-23(24)18-11-19-26(20-12-5-2-6-13-20,21-14-7-3-8-15-21)22-16-9-4-10-17-22;/h2-18H,19H2,1H3;1H/q+1;/p-1. The summed E-state index contributed by atoms with van der Waals surface area (Å²) in [6.07, 6.45) is 4.25. The number of allylic oxidation sites excluding steroid dienone is 1. The Balaban J connectivity index is 0.00000261. The average Bonchev–Trinajstić information content (AvgIpc) is 2.73. The number of ether oxygens (including phenoxy) is 1. The van der Waals surface area contributed by atoms with Crippen LogP contribution in [0.1, 0.15) is 0 Å². The number of esters is 1. The van der Waals surface area contributed by atoms with Gasteiger partial charge < -0.3 is 21.7 Å². The summed E-state index contributed by atoms with van der Waals surface area (Å²) in [5.41, 5.74) is 0. The Morgan fingerprint density at radius 2 is 1.15 bits per heavy atom. The highest BCUT2D eigenvalue weighted by molar-refractivity contribution is 7.95. The molecule has 0 spiro atoms. The van der Waals surface area contributed by atoms with Crippen LogP contribution in [0.3, 0.4) is 0 Å². The second-order valence-corrected chi connectivity index (χ2v) is 9.46. The van der Waals surface area contributed by atoms with Gasteiger partial charge >= 0.3 is 5.97 Å². The highest BCUT2D eigenvalue weighted by Gasteiger charge is 2.44. The molecule has 27 heavy (non-hydrogen) atoms. The first kappa shape index (κ1) is 21.1. The summed E-state index contributed by atoms with van der Waals surface area (Å²) in [6.45, 7) is 0. The van der Waals surface area contributed by atoms with E-state index in [0.717, 1.165) is 6.16 Å². The number of benzene rings is 3. The molecule has 0 bridgehead atoms. The highest BCUT2D eigenvalue weighted by Crippen LogP contribution is 2.55. The van der Waals surface area contributed by atoms with Gasteiger partial charge in [-0.3, -0.25) is 0 Å². The van der Waals surface area contributed by atoms with Crippen LogP contribution in [-0.2, 0) is 9.53 Å². The lowest BCUT2D eigenvalue weighted by Crippen LogP contribution is -3.00. The molecule has 0 fully saturated rings. The molecular weight excluding hydrogens is 419 g/mol. The van der Waals surface area contributed by atoms with Crippen LogP contribution in [0.4, 0.5) is 0 Å². The molecule has 0 saturated carbocycles. The van der Waals surface area contributed by atoms with E-state index in [1.807, 2.05) is 24.3 Å². The van der Waals surface area contributed by atoms with Crippen LogP contribution in [-0.4, -0.2) is 19.2 Å². The van der Waals surface area contributed by atoms with E-state index < -0.39 is 7.26 Å². The predicted molar refractivity (Wildman–Crippen MR) is 111 cm³/mol. The lowest BCUT2D eigenvalue weighted by molar-refractivity contribution is -0.134. The third-order valence-corrected chi connectivity index (χ3v) is 8.72. The molecule has 3 aromatic rings. The first-order valence-corrected chi connectivity index (χ1v) is 10.5. The van der Waals surface area contributed by atoms with Crippen molar-refractivity contribution in [3.8, 4) is 0 Å². The van der Waals surface area contributed by atoms with Gasteiger partial charge in [0.15, 0.2) is 0 Å². The second kappa shape index (κ2) is 10.2. The maximum absolute atomic E-state index is 11.6. The number of halogens is 1. The summed E-state index contributed by atoms with van der Waals surface area (Å²) in [7, 11) is -0.511. The molecule has 0 aliphatic rings. The molecule has 0 N–H and O–H groups in total. The molecule has 138 valence electrons. The first-order valence-electron chi connectivity index (χ1n) is 8.57. The van der Waals surface area contributed by atoms with Crippen molar-refractivity contribution >= 4 is 29.1 Å². The molecule has 3 rings (SSSR count). The third-order valence-electron chi connectivity index (χ3n) is 4.43. The fraction of sp³-hybridized carbons (Fsp3) is 0.0870. The van der Waals surface area contributed by atoms with Crippen LogP contribution < -0.4 is 32.9 Å². The van der Waals surface area contributed by atoms with Gasteiger partial charge in [-0.25, -0.2) is 4.79 Å². The van der Waals surface area contributed by atoms with Gasteiger partial charge in [0.2, 0.25) is 0 Å². The zero-order valence-electron chi connectivity index (χ0n) is 15.2. The molecule has 0 atom stereocenters. The smallest absolute Gasteiger partial charge is 0.330 e. The topological polar surface area (TPSA) is 26.3 Å². The van der Waals surface area contributed by atoms with E-state index in [2.05, 4.69) is 72.8 Å². The van der Waals surface area contributed by atoms with E-state index in [9.17, 15) is 4.79 Å². The van der Waals surface area contributed by atoms with Crippen molar-refractivity contribution in [1.29, 1.82) is 0 Å². The molecule has 0 aliphatic carbocycles. The number of carbonyl (C=O) groups excluding carboxylic acids is 1. The fourth-order valence-electron chi connectivity index (χ4n) is 3.19. The Labute approximate surface area is 172 Å². The molecule has 0 radical (unpaired) electrons. The normalized spacial score (nSPS) is 11.0. The molecule has 0 amide bonds. The van der Waals surface area contributed by atoms with Crippen molar-refractivity contribution in [2.45, 2.75) is 0 Å². The molecule has 4 heteroatoms. The van der Waals surface area contributed by atoms with Gasteiger partial charge in [-0.15, -0.1) is 0 Å². The van der Waals surface area contributed by atoms with E-state index in [1.165, 1.54) is 29.1 Å². The Hall–Kier alpha value is -2.22. The van der Waals surface area contributed by atoms with Crippen molar-refractivity contribution in [2.75, 3.05) is 13.3 Å². The lowest BCUT2D eigenvalue weighted by Gasteiger charge is -2.26. The quantitative estimate of drug-likeness (QED) is 0.320. The van der Waals surface area contributed by atoms with Gasteiger partial charge in [0.1, 0.15) is 23.2 Å². The summed E-state index contributed by atoms with van der Waals surface area (Å²) in [4.78, 5) is 11.6. The van der Waals surface area contributed by atoms with Crippen LogP contribution in [0.2, 0.25) is 0 Å². The van der Waals surface area contributed by atoms with Gasteiger partial charge in [-0.2, -0.15) is 0 Å². The van der Waals surface area contributed by atoms with Crippen LogP contribution >= 0.6 is 7.26 Å².